The molecule has 4 rings (SSSR count). The molecule has 0 aliphatic heterocycles. The lowest BCUT2D eigenvalue weighted by Crippen LogP contribution is -2.27. The van der Waals surface area contributed by atoms with Crippen LogP contribution in [0.15, 0.2) is 41.2 Å². The van der Waals surface area contributed by atoms with Gasteiger partial charge in [-0.1, -0.05) is 53.2 Å². The topological polar surface area (TPSA) is 63.9 Å². The third kappa shape index (κ3) is 5.56. The molecule has 0 aliphatic carbocycles. The largest absolute Gasteiger partial charge is 0.462 e. The summed E-state index contributed by atoms with van der Waals surface area (Å²) in [5.74, 6) is 0.996. The number of pyridine rings is 2. The number of ether oxygens (including phenoxy) is 1. The summed E-state index contributed by atoms with van der Waals surface area (Å²) in [4.78, 5) is 34.2. The Labute approximate surface area is 217 Å². The molecule has 194 valence electrons. The van der Waals surface area contributed by atoms with Gasteiger partial charge in [-0.25, -0.2) is 9.78 Å². The number of fused-ring (bicyclic) bond motifs is 5. The second-order valence-electron chi connectivity index (χ2n) is 8.82. The molecule has 0 aliphatic rings. The van der Waals surface area contributed by atoms with Crippen LogP contribution in [-0.4, -0.2) is 35.1 Å². The van der Waals surface area contributed by atoms with Gasteiger partial charge in [-0.05, 0) is 56.4 Å². The molecule has 0 bridgehead atoms. The Bertz CT molecular complexity index is 1380. The Hall–Kier alpha value is -2.93. The van der Waals surface area contributed by atoms with Crippen LogP contribution in [0.1, 0.15) is 77.6 Å². The van der Waals surface area contributed by atoms with E-state index in [9.17, 15) is 9.59 Å². The maximum absolute atomic E-state index is 13.5. The van der Waals surface area contributed by atoms with Crippen molar-refractivity contribution in [2.75, 3.05) is 24.6 Å². The first-order chi connectivity index (χ1) is 17.5. The summed E-state index contributed by atoms with van der Waals surface area (Å²) >= 11 is 1.42. The molecule has 0 N–H and O–H groups in total. The number of benzene rings is 1. The fourth-order valence-electron chi connectivity index (χ4n) is 4.38. The molecule has 3 aromatic heterocycles. The average Bonchev–Trinajstić information content (AvgIpc) is 3.28. The third-order valence-electron chi connectivity index (χ3n) is 6.39. The minimum atomic E-state index is -0.583. The lowest BCUT2D eigenvalue weighted by atomic mass is 10.0. The van der Waals surface area contributed by atoms with Crippen LogP contribution in [0.25, 0.3) is 26.1 Å². The Balaban J connectivity index is 0.00000176. The van der Waals surface area contributed by atoms with E-state index in [1.807, 2.05) is 54.6 Å². The van der Waals surface area contributed by atoms with Crippen molar-refractivity contribution in [2.45, 2.75) is 67.2 Å². The van der Waals surface area contributed by atoms with E-state index in [1.165, 1.54) is 24.2 Å². The zero-order valence-electron chi connectivity index (χ0n) is 22.5. The van der Waals surface area contributed by atoms with Crippen molar-refractivity contribution in [3.63, 3.8) is 0 Å². The zero-order chi connectivity index (χ0) is 26.2. The predicted molar refractivity (Wildman–Crippen MR) is 153 cm³/mol. The van der Waals surface area contributed by atoms with Gasteiger partial charge in [0.15, 0.2) is 5.65 Å². The molecular weight excluding hydrogens is 470 g/mol. The SMILES string of the molecule is CC.CCCN(CCCC(C)CC)c1ccc2c(=O)c(C(=O)OCC)c3sc4ccccc4n3c2n1. The van der Waals surface area contributed by atoms with E-state index >= 15 is 0 Å². The van der Waals surface area contributed by atoms with Crippen LogP contribution in [0.3, 0.4) is 0 Å². The Morgan fingerprint density at radius 3 is 2.56 bits per heavy atom. The van der Waals surface area contributed by atoms with E-state index in [0.717, 1.165) is 42.0 Å². The number of nitrogens with zero attached hydrogens (tertiary/aromatic N) is 3. The number of para-hydroxylation sites is 1. The van der Waals surface area contributed by atoms with Crippen molar-refractivity contribution in [3.8, 4) is 0 Å². The normalized spacial score (nSPS) is 11.9. The molecule has 6 nitrogen and oxygen atoms in total. The molecule has 1 atom stereocenters. The van der Waals surface area contributed by atoms with Gasteiger partial charge in [0.05, 0.1) is 22.2 Å². The summed E-state index contributed by atoms with van der Waals surface area (Å²) < 4.78 is 8.20. The summed E-state index contributed by atoms with van der Waals surface area (Å²) in [7, 11) is 0. The van der Waals surface area contributed by atoms with Crippen molar-refractivity contribution >= 4 is 49.2 Å². The van der Waals surface area contributed by atoms with Crippen molar-refractivity contribution < 1.29 is 9.53 Å². The first-order valence-electron chi connectivity index (χ1n) is 13.3. The van der Waals surface area contributed by atoms with Crippen LogP contribution in [0.2, 0.25) is 0 Å². The number of rotatable bonds is 10. The number of hydrogen-bond acceptors (Lipinski definition) is 6. The van der Waals surface area contributed by atoms with Crippen LogP contribution < -0.4 is 10.3 Å². The van der Waals surface area contributed by atoms with Gasteiger partial charge in [0.25, 0.3) is 0 Å². The highest BCUT2D eigenvalue weighted by atomic mass is 32.1. The van der Waals surface area contributed by atoms with Gasteiger partial charge >= 0.3 is 5.97 Å². The zero-order valence-corrected chi connectivity index (χ0v) is 23.3. The number of aromatic nitrogens is 2. The lowest BCUT2D eigenvalue weighted by molar-refractivity contribution is 0.0527. The van der Waals surface area contributed by atoms with Gasteiger partial charge in [-0.2, -0.15) is 0 Å². The van der Waals surface area contributed by atoms with Crippen LogP contribution in [-0.2, 0) is 4.74 Å². The van der Waals surface area contributed by atoms with Gasteiger partial charge < -0.3 is 9.64 Å². The Morgan fingerprint density at radius 1 is 1.11 bits per heavy atom. The highest BCUT2D eigenvalue weighted by Crippen LogP contribution is 2.31. The quantitative estimate of drug-likeness (QED) is 0.210. The highest BCUT2D eigenvalue weighted by molar-refractivity contribution is 7.24. The molecule has 0 radical (unpaired) electrons. The second kappa shape index (κ2) is 12.9. The van der Waals surface area contributed by atoms with Gasteiger partial charge in [-0.15, -0.1) is 11.3 Å². The smallest absolute Gasteiger partial charge is 0.345 e. The van der Waals surface area contributed by atoms with Gasteiger partial charge in [0, 0.05) is 13.1 Å². The summed E-state index contributed by atoms with van der Waals surface area (Å²) in [6, 6.07) is 11.7. The fourth-order valence-corrected chi connectivity index (χ4v) is 5.56. The molecule has 0 saturated carbocycles. The molecule has 0 spiro atoms. The van der Waals surface area contributed by atoms with Gasteiger partial charge in [0.1, 0.15) is 16.2 Å². The first-order valence-corrected chi connectivity index (χ1v) is 14.1. The molecule has 3 heterocycles. The van der Waals surface area contributed by atoms with Crippen molar-refractivity contribution in [1.82, 2.24) is 9.38 Å². The number of esters is 1. The van der Waals surface area contributed by atoms with E-state index < -0.39 is 5.97 Å². The van der Waals surface area contributed by atoms with E-state index in [4.69, 9.17) is 9.72 Å². The van der Waals surface area contributed by atoms with E-state index in [0.29, 0.717) is 21.8 Å². The first kappa shape index (κ1) is 27.7. The standard InChI is InChI=1S/C27H33N3O3S.C2H6/c1-5-16-29(17-10-11-18(4)6-2)22-15-14-19-24(31)23(27(32)33-7-3)26-30(25(19)28-22)20-12-8-9-13-21(20)34-26;1-2/h8-9,12-15,18H,5-7,10-11,16-17H2,1-4H3;1-2H3. The molecule has 7 heteroatoms. The summed E-state index contributed by atoms with van der Waals surface area (Å²) in [5.41, 5.74) is 1.29. The number of carbonyl (C=O) groups is 1. The van der Waals surface area contributed by atoms with Crippen molar-refractivity contribution in [1.29, 1.82) is 0 Å². The third-order valence-corrected chi connectivity index (χ3v) is 7.54. The fraction of sp³-hybridized carbons (Fsp3) is 0.483. The van der Waals surface area contributed by atoms with Crippen molar-refractivity contribution in [3.05, 3.63) is 52.2 Å². The van der Waals surface area contributed by atoms with E-state index in [2.05, 4.69) is 25.7 Å². The molecule has 0 fully saturated rings. The molecule has 1 unspecified atom stereocenters. The van der Waals surface area contributed by atoms with Crippen LogP contribution in [0.5, 0.6) is 0 Å². The summed E-state index contributed by atoms with van der Waals surface area (Å²) in [6.07, 6.45) is 4.50. The second-order valence-corrected chi connectivity index (χ2v) is 9.85. The molecule has 0 amide bonds. The molecule has 4 aromatic rings. The molecule has 36 heavy (non-hydrogen) atoms. The maximum Gasteiger partial charge on any atom is 0.345 e. The minimum absolute atomic E-state index is 0.0871. The van der Waals surface area contributed by atoms with Gasteiger partial charge in [0.2, 0.25) is 5.43 Å². The predicted octanol–water partition coefficient (Wildman–Crippen LogP) is 7.31. The number of carbonyl (C=O) groups excluding carboxylic acids is 1. The Morgan fingerprint density at radius 2 is 1.86 bits per heavy atom. The van der Waals surface area contributed by atoms with Gasteiger partial charge in [-0.3, -0.25) is 9.20 Å². The van der Waals surface area contributed by atoms with E-state index in [1.54, 1.807) is 6.92 Å². The maximum atomic E-state index is 13.5. The van der Waals surface area contributed by atoms with E-state index in [-0.39, 0.29) is 17.6 Å². The van der Waals surface area contributed by atoms with Crippen molar-refractivity contribution in [2.24, 2.45) is 5.92 Å². The number of thiazole rings is 1. The molecular formula is C29H39N3O3S. The summed E-state index contributed by atoms with van der Waals surface area (Å²) in [6.45, 7) is 14.5. The lowest BCUT2D eigenvalue weighted by Gasteiger charge is -2.24. The minimum Gasteiger partial charge on any atom is -0.462 e. The molecule has 0 saturated heterocycles. The Kier molecular flexibility index (Phi) is 9.88. The summed E-state index contributed by atoms with van der Waals surface area (Å²) in [5, 5.41) is 0.434. The van der Waals surface area contributed by atoms with Crippen LogP contribution in [0.4, 0.5) is 5.82 Å². The van der Waals surface area contributed by atoms with Crippen LogP contribution >= 0.6 is 11.3 Å². The van der Waals surface area contributed by atoms with Crippen LogP contribution in [0, 0.1) is 5.92 Å². The number of hydrogen-bond donors (Lipinski definition) is 0. The monoisotopic (exact) mass is 509 g/mol. The average molecular weight is 510 g/mol. The highest BCUT2D eigenvalue weighted by Gasteiger charge is 2.24. The number of anilines is 1. The molecule has 1 aromatic carbocycles.